The number of amides is 1. The van der Waals surface area contributed by atoms with Crippen molar-refractivity contribution in [1.29, 1.82) is 0 Å². The molecular weight excluding hydrogens is 574 g/mol. The zero-order valence-corrected chi connectivity index (χ0v) is 25.5. The van der Waals surface area contributed by atoms with Crippen LogP contribution in [0, 0.1) is 12.4 Å². The molecule has 0 N–H and O–H groups in total. The molecule has 3 atom stereocenters. The Labute approximate surface area is 262 Å². The summed E-state index contributed by atoms with van der Waals surface area (Å²) in [7, 11) is 0. The van der Waals surface area contributed by atoms with Crippen molar-refractivity contribution in [2.45, 2.75) is 62.7 Å². The summed E-state index contributed by atoms with van der Waals surface area (Å²) in [5.41, 5.74) is 3.62. The molecule has 2 aromatic carbocycles. The number of fused-ring (bicyclic) bond motifs is 3. The number of ether oxygens (including phenoxy) is 1. The first-order chi connectivity index (χ1) is 21.9. The Morgan fingerprint density at radius 2 is 1.98 bits per heavy atom. The van der Waals surface area contributed by atoms with Crippen molar-refractivity contribution in [1.82, 2.24) is 19.8 Å². The van der Waals surface area contributed by atoms with E-state index in [-0.39, 0.29) is 36.6 Å². The van der Waals surface area contributed by atoms with Crippen molar-refractivity contribution in [3.63, 3.8) is 0 Å². The van der Waals surface area contributed by atoms with Crippen LogP contribution >= 0.6 is 0 Å². The molecule has 0 saturated carbocycles. The highest BCUT2D eigenvalue weighted by atomic mass is 19.1. The van der Waals surface area contributed by atoms with Crippen molar-refractivity contribution in [3.05, 3.63) is 71.3 Å². The molecule has 0 spiro atoms. The van der Waals surface area contributed by atoms with Gasteiger partial charge in [-0.15, -0.1) is 0 Å². The van der Waals surface area contributed by atoms with Crippen molar-refractivity contribution in [2.24, 2.45) is 0 Å². The first-order valence-electron chi connectivity index (χ1n) is 16.1. The second kappa shape index (κ2) is 12.0. The highest BCUT2D eigenvalue weighted by molar-refractivity contribution is 5.94. The highest BCUT2D eigenvalue weighted by Gasteiger charge is 2.49. The Hall–Kier alpha value is -4.10. The van der Waals surface area contributed by atoms with Gasteiger partial charge in [0.2, 0.25) is 12.5 Å². The van der Waals surface area contributed by atoms with Gasteiger partial charge in [0.25, 0.3) is 0 Å². The van der Waals surface area contributed by atoms with Gasteiger partial charge in [-0.3, -0.25) is 9.69 Å². The summed E-state index contributed by atoms with van der Waals surface area (Å²) in [5.74, 6) is -0.139. The second-order valence-electron chi connectivity index (χ2n) is 12.8. The predicted octanol–water partition coefficient (Wildman–Crippen LogP) is 5.39. The Balaban J connectivity index is 1.30. The summed E-state index contributed by atoms with van der Waals surface area (Å²) in [6.07, 6.45) is 6.72. The Bertz CT molecular complexity index is 1690. The molecule has 7 rings (SSSR count). The number of aromatic nitrogens is 2. The molecule has 4 heterocycles. The first kappa shape index (κ1) is 29.6. The van der Waals surface area contributed by atoms with Gasteiger partial charge in [0.05, 0.1) is 5.54 Å². The molecule has 0 bridgehead atoms. The number of halogens is 2. The van der Waals surface area contributed by atoms with E-state index in [4.69, 9.17) is 16.3 Å². The third-order valence-electron chi connectivity index (χ3n) is 10.2. The van der Waals surface area contributed by atoms with Crippen LogP contribution in [0.5, 0.6) is 6.01 Å². The molecule has 45 heavy (non-hydrogen) atoms. The van der Waals surface area contributed by atoms with Gasteiger partial charge in [-0.2, -0.15) is 9.97 Å². The van der Waals surface area contributed by atoms with E-state index in [1.54, 1.807) is 4.90 Å². The third kappa shape index (κ3) is 5.31. The van der Waals surface area contributed by atoms with Crippen molar-refractivity contribution in [3.8, 4) is 17.1 Å². The smallest absolute Gasteiger partial charge is 0.319 e. The Morgan fingerprint density at radius 1 is 1.11 bits per heavy atom. The van der Waals surface area contributed by atoms with E-state index in [1.165, 1.54) is 17.2 Å². The van der Waals surface area contributed by atoms with Crippen molar-refractivity contribution in [2.75, 3.05) is 50.8 Å². The number of carbonyl (C=O) groups is 1. The van der Waals surface area contributed by atoms with Crippen LogP contribution in [0.15, 0.2) is 43.0 Å². The van der Waals surface area contributed by atoms with Gasteiger partial charge in [0, 0.05) is 43.5 Å². The van der Waals surface area contributed by atoms with Crippen LogP contribution in [0.3, 0.4) is 0 Å². The van der Waals surface area contributed by atoms with E-state index < -0.39 is 17.5 Å². The summed E-state index contributed by atoms with van der Waals surface area (Å²) < 4.78 is 37.5. The predicted molar refractivity (Wildman–Crippen MR) is 169 cm³/mol. The van der Waals surface area contributed by atoms with Crippen LogP contribution in [0.4, 0.5) is 14.6 Å². The van der Waals surface area contributed by atoms with Crippen LogP contribution in [0.1, 0.15) is 43.2 Å². The lowest BCUT2D eigenvalue weighted by molar-refractivity contribution is -0.128. The number of hydrogen-bond donors (Lipinski definition) is 0. The molecule has 1 amide bonds. The van der Waals surface area contributed by atoms with E-state index in [1.807, 2.05) is 29.2 Å². The average molecular weight is 613 g/mol. The summed E-state index contributed by atoms with van der Waals surface area (Å²) in [6.45, 7) is 13.9. The SMILES string of the molecule is [C-]#[N+]C[C@H]1CN(c2nc(OC[C@@]34CCCN3C[C@H](F)C4)nc3c(F)c(-c4cccc5c4CCCC5)ccc23)CCN1C(=O)C=C. The van der Waals surface area contributed by atoms with Crippen LogP contribution in [-0.2, 0) is 17.6 Å². The topological polar surface area (TPSA) is 66.2 Å². The lowest BCUT2D eigenvalue weighted by Gasteiger charge is -2.39. The molecule has 4 aliphatic rings. The molecule has 3 fully saturated rings. The lowest BCUT2D eigenvalue weighted by atomic mass is 9.85. The molecule has 8 nitrogen and oxygen atoms in total. The zero-order chi connectivity index (χ0) is 31.1. The monoisotopic (exact) mass is 612 g/mol. The number of alkyl halides is 1. The molecule has 234 valence electrons. The van der Waals surface area contributed by atoms with E-state index in [0.717, 1.165) is 50.6 Å². The molecule has 10 heteroatoms. The fraction of sp³-hybridized carbons (Fsp3) is 0.486. The van der Waals surface area contributed by atoms with Gasteiger partial charge in [-0.05, 0) is 73.9 Å². The molecule has 1 aromatic heterocycles. The normalized spacial score (nSPS) is 24.7. The largest absolute Gasteiger partial charge is 0.461 e. The fourth-order valence-corrected chi connectivity index (χ4v) is 8.04. The van der Waals surface area contributed by atoms with E-state index >= 15 is 4.39 Å². The van der Waals surface area contributed by atoms with Gasteiger partial charge in [0.15, 0.2) is 5.82 Å². The number of anilines is 1. The van der Waals surface area contributed by atoms with Gasteiger partial charge in [0.1, 0.15) is 30.2 Å². The maximum atomic E-state index is 16.7. The quantitative estimate of drug-likeness (QED) is 0.263. The number of aryl methyl sites for hydroxylation is 1. The summed E-state index contributed by atoms with van der Waals surface area (Å²) in [6, 6.07) is 9.49. The number of nitrogens with zero attached hydrogens (tertiary/aromatic N) is 6. The van der Waals surface area contributed by atoms with Gasteiger partial charge >= 0.3 is 6.01 Å². The van der Waals surface area contributed by atoms with Crippen LogP contribution in [0.2, 0.25) is 0 Å². The zero-order valence-electron chi connectivity index (χ0n) is 25.5. The number of piperazine rings is 1. The van der Waals surface area contributed by atoms with Crippen LogP contribution in [0.25, 0.3) is 26.9 Å². The molecular formula is C35H38F2N6O2. The minimum Gasteiger partial charge on any atom is -0.461 e. The number of hydrogen-bond acceptors (Lipinski definition) is 6. The van der Waals surface area contributed by atoms with Gasteiger partial charge < -0.3 is 19.4 Å². The third-order valence-corrected chi connectivity index (χ3v) is 10.2. The van der Waals surface area contributed by atoms with Gasteiger partial charge in [-0.25, -0.2) is 15.4 Å². The molecule has 0 unspecified atom stereocenters. The molecule has 3 aromatic rings. The molecule has 3 saturated heterocycles. The number of benzene rings is 2. The minimum atomic E-state index is -0.896. The molecule has 3 aliphatic heterocycles. The fourth-order valence-electron chi connectivity index (χ4n) is 8.04. The average Bonchev–Trinajstić information content (AvgIpc) is 3.59. The van der Waals surface area contributed by atoms with E-state index in [0.29, 0.717) is 49.4 Å². The lowest BCUT2D eigenvalue weighted by Crippen LogP contribution is -2.56. The summed E-state index contributed by atoms with van der Waals surface area (Å²) in [4.78, 5) is 31.5. The maximum Gasteiger partial charge on any atom is 0.319 e. The standard InChI is InChI=1S/C35H38F2N6O2/c1-3-30(44)43-17-16-41(21-25(43)19-38-2)33-29-13-12-28(27-11-6-9-23-8-4-5-10-26(23)27)31(37)32(29)39-34(40-33)45-22-35-14-7-15-42(35)20-24(36)18-35/h3,6,9,11-13,24-25H,1,4-5,7-8,10,14-22H2/t24-,25+,35+/m1/s1. The van der Waals surface area contributed by atoms with Gasteiger partial charge in [-0.1, -0.05) is 30.8 Å². The van der Waals surface area contributed by atoms with E-state index in [2.05, 4.69) is 27.4 Å². The van der Waals surface area contributed by atoms with Crippen LogP contribution in [-0.4, -0.2) is 89.3 Å². The Morgan fingerprint density at radius 3 is 2.82 bits per heavy atom. The Kier molecular flexibility index (Phi) is 7.90. The van der Waals surface area contributed by atoms with Crippen LogP contribution < -0.4 is 9.64 Å². The number of rotatable bonds is 7. The highest BCUT2D eigenvalue weighted by Crippen LogP contribution is 2.41. The van der Waals surface area contributed by atoms with Crippen molar-refractivity contribution >= 4 is 22.6 Å². The first-order valence-corrected chi connectivity index (χ1v) is 16.1. The van der Waals surface area contributed by atoms with Crippen molar-refractivity contribution < 1.29 is 18.3 Å². The number of carbonyl (C=O) groups excluding carboxylic acids is 1. The van der Waals surface area contributed by atoms with E-state index in [9.17, 15) is 9.18 Å². The summed E-state index contributed by atoms with van der Waals surface area (Å²) in [5, 5.41) is 0.545. The summed E-state index contributed by atoms with van der Waals surface area (Å²) >= 11 is 0. The maximum absolute atomic E-state index is 16.7. The second-order valence-corrected chi connectivity index (χ2v) is 12.8. The molecule has 0 radical (unpaired) electrons. The molecule has 1 aliphatic carbocycles. The minimum absolute atomic E-state index is 0.0542.